The molecule has 1 unspecified atom stereocenters. The summed E-state index contributed by atoms with van der Waals surface area (Å²) in [6.07, 6.45) is -0.152. The standard InChI is InChI=1S/C18H23NO2/c1-13(2)14-4-10-17(11-5-14)21-18(12-19)15-6-8-16(20-3)9-7-15/h4-11,13,18H,12,19H2,1-3H3. The lowest BCUT2D eigenvalue weighted by molar-refractivity contribution is 0.214. The number of methoxy groups -OCH3 is 1. The third-order valence-corrected chi connectivity index (χ3v) is 3.53. The maximum Gasteiger partial charge on any atom is 0.136 e. The second-order valence-corrected chi connectivity index (χ2v) is 5.34. The Kier molecular flexibility index (Phi) is 5.23. The van der Waals surface area contributed by atoms with Crippen molar-refractivity contribution < 1.29 is 9.47 Å². The quantitative estimate of drug-likeness (QED) is 0.875. The lowest BCUT2D eigenvalue weighted by Crippen LogP contribution is -2.18. The molecule has 0 spiro atoms. The molecule has 0 saturated carbocycles. The van der Waals surface area contributed by atoms with Crippen molar-refractivity contribution in [1.82, 2.24) is 0 Å². The van der Waals surface area contributed by atoms with Crippen molar-refractivity contribution >= 4 is 0 Å². The number of nitrogens with two attached hydrogens (primary N) is 1. The molecule has 21 heavy (non-hydrogen) atoms. The molecule has 0 aliphatic heterocycles. The first kappa shape index (κ1) is 15.4. The largest absolute Gasteiger partial charge is 0.497 e. The van der Waals surface area contributed by atoms with E-state index in [1.54, 1.807) is 7.11 Å². The third-order valence-electron chi connectivity index (χ3n) is 3.53. The van der Waals surface area contributed by atoms with Gasteiger partial charge >= 0.3 is 0 Å². The fourth-order valence-electron chi connectivity index (χ4n) is 2.17. The summed E-state index contributed by atoms with van der Waals surface area (Å²) in [5.74, 6) is 2.19. The van der Waals surface area contributed by atoms with Crippen LogP contribution in [0, 0.1) is 0 Å². The Balaban J connectivity index is 2.10. The van der Waals surface area contributed by atoms with Crippen molar-refractivity contribution in [2.24, 2.45) is 5.73 Å². The number of ether oxygens (including phenoxy) is 2. The van der Waals surface area contributed by atoms with Crippen LogP contribution >= 0.6 is 0 Å². The van der Waals surface area contributed by atoms with E-state index >= 15 is 0 Å². The molecule has 2 aromatic rings. The molecule has 3 heteroatoms. The Bertz CT molecular complexity index is 546. The summed E-state index contributed by atoms with van der Waals surface area (Å²) >= 11 is 0. The molecule has 0 saturated heterocycles. The molecule has 0 aliphatic rings. The lowest BCUT2D eigenvalue weighted by Gasteiger charge is -2.18. The van der Waals surface area contributed by atoms with E-state index < -0.39 is 0 Å². The SMILES string of the molecule is COc1ccc(C(CN)Oc2ccc(C(C)C)cc2)cc1. The van der Waals surface area contributed by atoms with E-state index in [4.69, 9.17) is 15.2 Å². The van der Waals surface area contributed by atoms with Gasteiger partial charge < -0.3 is 15.2 Å². The van der Waals surface area contributed by atoms with Crippen LogP contribution in [0.4, 0.5) is 0 Å². The predicted octanol–water partition coefficient (Wildman–Crippen LogP) is 3.90. The van der Waals surface area contributed by atoms with E-state index in [9.17, 15) is 0 Å². The fraction of sp³-hybridized carbons (Fsp3) is 0.333. The Hall–Kier alpha value is -2.00. The summed E-state index contributed by atoms with van der Waals surface area (Å²) in [6.45, 7) is 4.78. The highest BCUT2D eigenvalue weighted by Crippen LogP contribution is 2.25. The Morgan fingerprint density at radius 3 is 1.86 bits per heavy atom. The molecule has 0 aromatic heterocycles. The first-order valence-corrected chi connectivity index (χ1v) is 7.24. The van der Waals surface area contributed by atoms with Gasteiger partial charge in [0.05, 0.1) is 7.11 Å². The van der Waals surface area contributed by atoms with E-state index in [0.717, 1.165) is 17.1 Å². The minimum Gasteiger partial charge on any atom is -0.497 e. The zero-order chi connectivity index (χ0) is 15.2. The van der Waals surface area contributed by atoms with E-state index in [0.29, 0.717) is 12.5 Å². The highest BCUT2D eigenvalue weighted by atomic mass is 16.5. The topological polar surface area (TPSA) is 44.5 Å². The van der Waals surface area contributed by atoms with Crippen LogP contribution in [0.25, 0.3) is 0 Å². The molecule has 2 N–H and O–H groups in total. The highest BCUT2D eigenvalue weighted by molar-refractivity contribution is 5.32. The molecule has 0 radical (unpaired) electrons. The van der Waals surface area contributed by atoms with Crippen molar-refractivity contribution in [1.29, 1.82) is 0 Å². The van der Waals surface area contributed by atoms with Gasteiger partial charge in [-0.05, 0) is 41.3 Å². The van der Waals surface area contributed by atoms with Gasteiger partial charge in [0, 0.05) is 6.54 Å². The van der Waals surface area contributed by atoms with Gasteiger partial charge in [-0.25, -0.2) is 0 Å². The van der Waals surface area contributed by atoms with E-state index in [1.807, 2.05) is 36.4 Å². The summed E-state index contributed by atoms with van der Waals surface area (Å²) in [5.41, 5.74) is 8.19. The molecule has 112 valence electrons. The van der Waals surface area contributed by atoms with Crippen molar-refractivity contribution in [3.05, 3.63) is 59.7 Å². The average molecular weight is 285 g/mol. The van der Waals surface area contributed by atoms with E-state index in [1.165, 1.54) is 5.56 Å². The van der Waals surface area contributed by atoms with Crippen LogP contribution in [0.3, 0.4) is 0 Å². The van der Waals surface area contributed by atoms with Crippen molar-refractivity contribution in [2.45, 2.75) is 25.9 Å². The highest BCUT2D eigenvalue weighted by Gasteiger charge is 2.12. The Morgan fingerprint density at radius 1 is 0.857 bits per heavy atom. The predicted molar refractivity (Wildman–Crippen MR) is 85.9 cm³/mol. The first-order valence-electron chi connectivity index (χ1n) is 7.24. The minimum atomic E-state index is -0.152. The van der Waals surface area contributed by atoms with Crippen molar-refractivity contribution in [2.75, 3.05) is 13.7 Å². The number of hydrogen-bond acceptors (Lipinski definition) is 3. The monoisotopic (exact) mass is 285 g/mol. The molecule has 0 aliphatic carbocycles. The van der Waals surface area contributed by atoms with E-state index in [2.05, 4.69) is 26.0 Å². The van der Waals surface area contributed by atoms with Crippen LogP contribution in [-0.4, -0.2) is 13.7 Å². The van der Waals surface area contributed by atoms with Gasteiger partial charge in [-0.1, -0.05) is 38.1 Å². The Labute approximate surface area is 126 Å². The molecule has 0 bridgehead atoms. The maximum atomic E-state index is 5.99. The summed E-state index contributed by atoms with van der Waals surface area (Å²) in [7, 11) is 1.65. The molecule has 0 fully saturated rings. The zero-order valence-corrected chi connectivity index (χ0v) is 12.9. The summed E-state index contributed by atoms with van der Waals surface area (Å²) in [5, 5.41) is 0. The van der Waals surface area contributed by atoms with Gasteiger partial charge in [0.2, 0.25) is 0 Å². The summed E-state index contributed by atoms with van der Waals surface area (Å²) in [6, 6.07) is 16.0. The third kappa shape index (κ3) is 3.99. The zero-order valence-electron chi connectivity index (χ0n) is 12.9. The van der Waals surface area contributed by atoms with Crippen LogP contribution in [0.15, 0.2) is 48.5 Å². The molecular weight excluding hydrogens is 262 g/mol. The number of rotatable bonds is 6. The van der Waals surface area contributed by atoms with Gasteiger partial charge in [-0.3, -0.25) is 0 Å². The Morgan fingerprint density at radius 2 is 1.38 bits per heavy atom. The second-order valence-electron chi connectivity index (χ2n) is 5.34. The summed E-state index contributed by atoms with van der Waals surface area (Å²) in [4.78, 5) is 0. The first-order chi connectivity index (χ1) is 10.1. The van der Waals surface area contributed by atoms with Crippen LogP contribution in [0.1, 0.15) is 37.0 Å². The molecule has 3 nitrogen and oxygen atoms in total. The molecule has 0 heterocycles. The lowest BCUT2D eigenvalue weighted by atomic mass is 10.0. The molecule has 2 aromatic carbocycles. The van der Waals surface area contributed by atoms with Crippen LogP contribution in [0.2, 0.25) is 0 Å². The van der Waals surface area contributed by atoms with Gasteiger partial charge in [0.15, 0.2) is 0 Å². The second kappa shape index (κ2) is 7.14. The molecule has 2 rings (SSSR count). The van der Waals surface area contributed by atoms with E-state index in [-0.39, 0.29) is 6.10 Å². The van der Waals surface area contributed by atoms with Gasteiger partial charge in [-0.15, -0.1) is 0 Å². The molecule has 0 amide bonds. The maximum absolute atomic E-state index is 5.99. The molecule has 1 atom stereocenters. The van der Waals surface area contributed by atoms with Crippen LogP contribution in [-0.2, 0) is 0 Å². The van der Waals surface area contributed by atoms with Gasteiger partial charge in [0.25, 0.3) is 0 Å². The van der Waals surface area contributed by atoms with Crippen molar-refractivity contribution in [3.63, 3.8) is 0 Å². The smallest absolute Gasteiger partial charge is 0.136 e. The minimum absolute atomic E-state index is 0.152. The van der Waals surface area contributed by atoms with Crippen LogP contribution in [0.5, 0.6) is 11.5 Å². The van der Waals surface area contributed by atoms with Crippen LogP contribution < -0.4 is 15.2 Å². The number of benzene rings is 2. The fourth-order valence-corrected chi connectivity index (χ4v) is 2.17. The van der Waals surface area contributed by atoms with Gasteiger partial charge in [0.1, 0.15) is 17.6 Å². The number of hydrogen-bond donors (Lipinski definition) is 1. The molecular formula is C18H23NO2. The summed E-state index contributed by atoms with van der Waals surface area (Å²) < 4.78 is 11.2. The van der Waals surface area contributed by atoms with Gasteiger partial charge in [-0.2, -0.15) is 0 Å². The normalized spacial score (nSPS) is 12.2. The van der Waals surface area contributed by atoms with Crippen molar-refractivity contribution in [3.8, 4) is 11.5 Å². The average Bonchev–Trinajstić information content (AvgIpc) is 2.53.